The first-order valence-electron chi connectivity index (χ1n) is 11.6. The van der Waals surface area contributed by atoms with Gasteiger partial charge >= 0.3 is 0 Å². The van der Waals surface area contributed by atoms with Crippen molar-refractivity contribution in [3.05, 3.63) is 71.5 Å². The summed E-state index contributed by atoms with van der Waals surface area (Å²) in [5, 5.41) is 6.63. The molecule has 5 nitrogen and oxygen atoms in total. The van der Waals surface area contributed by atoms with Crippen molar-refractivity contribution in [2.75, 3.05) is 32.1 Å². The summed E-state index contributed by atoms with van der Waals surface area (Å²) < 4.78 is 5.52. The smallest absolute Gasteiger partial charge is 0.119 e. The number of rotatable bonds is 10. The van der Waals surface area contributed by atoms with E-state index in [0.29, 0.717) is 5.02 Å². The van der Waals surface area contributed by atoms with Crippen molar-refractivity contribution in [2.24, 2.45) is 0 Å². The highest BCUT2D eigenvalue weighted by Gasteiger charge is 2.17. The Morgan fingerprint density at radius 2 is 1.76 bits per heavy atom. The van der Waals surface area contributed by atoms with E-state index in [2.05, 4.69) is 47.2 Å². The van der Waals surface area contributed by atoms with Crippen molar-refractivity contribution in [1.29, 1.82) is 0 Å². The first kappa shape index (κ1) is 23.3. The molecule has 1 atom stereocenters. The zero-order valence-electron chi connectivity index (χ0n) is 19.5. The summed E-state index contributed by atoms with van der Waals surface area (Å²) in [6, 6.07) is 16.2. The lowest BCUT2D eigenvalue weighted by Gasteiger charge is -2.24. The maximum atomic E-state index is 6.31. The molecule has 0 fully saturated rings. The summed E-state index contributed by atoms with van der Waals surface area (Å²) >= 11 is 6.31. The Kier molecular flexibility index (Phi) is 7.63. The van der Waals surface area contributed by atoms with E-state index in [1.807, 2.05) is 42.7 Å². The molecular formula is C27H31ClN4O. The number of nitrogens with zero attached hydrogens (tertiary/aromatic N) is 3. The lowest BCUT2D eigenvalue weighted by atomic mass is 10.0. The number of anilines is 1. The predicted molar refractivity (Wildman–Crippen MR) is 138 cm³/mol. The van der Waals surface area contributed by atoms with Gasteiger partial charge in [-0.2, -0.15) is 0 Å². The molecular weight excluding hydrogens is 432 g/mol. The van der Waals surface area contributed by atoms with E-state index in [0.717, 1.165) is 65.7 Å². The predicted octanol–water partition coefficient (Wildman–Crippen LogP) is 6.72. The Morgan fingerprint density at radius 1 is 0.970 bits per heavy atom. The van der Waals surface area contributed by atoms with Gasteiger partial charge in [0, 0.05) is 28.2 Å². The molecule has 0 saturated heterocycles. The largest absolute Gasteiger partial charge is 0.497 e. The van der Waals surface area contributed by atoms with Crippen LogP contribution in [0.25, 0.3) is 21.8 Å². The number of ether oxygens (including phenoxy) is 1. The quantitative estimate of drug-likeness (QED) is 0.265. The van der Waals surface area contributed by atoms with Crippen molar-refractivity contribution in [1.82, 2.24) is 14.9 Å². The minimum atomic E-state index is 0.138. The molecule has 0 aliphatic carbocycles. The molecule has 0 saturated carbocycles. The van der Waals surface area contributed by atoms with Crippen LogP contribution in [0, 0.1) is 0 Å². The number of nitrogens with one attached hydrogen (secondary N) is 1. The molecule has 6 heteroatoms. The number of pyridine rings is 2. The van der Waals surface area contributed by atoms with Crippen LogP contribution in [-0.2, 0) is 0 Å². The second-order valence-corrected chi connectivity index (χ2v) is 8.61. The third-order valence-electron chi connectivity index (χ3n) is 6.23. The maximum Gasteiger partial charge on any atom is 0.119 e. The van der Waals surface area contributed by atoms with E-state index in [1.54, 1.807) is 7.11 Å². The highest BCUT2D eigenvalue weighted by atomic mass is 35.5. The van der Waals surface area contributed by atoms with Gasteiger partial charge in [-0.25, -0.2) is 4.98 Å². The molecule has 172 valence electrons. The van der Waals surface area contributed by atoms with Gasteiger partial charge < -0.3 is 15.0 Å². The Labute approximate surface area is 200 Å². The fourth-order valence-electron chi connectivity index (χ4n) is 4.33. The van der Waals surface area contributed by atoms with Crippen LogP contribution < -0.4 is 10.1 Å². The molecule has 0 aliphatic rings. The molecule has 1 N–H and O–H groups in total. The number of benzene rings is 2. The Bertz CT molecular complexity index is 1210. The van der Waals surface area contributed by atoms with E-state index >= 15 is 0 Å². The fourth-order valence-corrected chi connectivity index (χ4v) is 4.50. The van der Waals surface area contributed by atoms with E-state index < -0.39 is 0 Å². The highest BCUT2D eigenvalue weighted by Crippen LogP contribution is 2.37. The number of halogens is 1. The van der Waals surface area contributed by atoms with E-state index in [-0.39, 0.29) is 6.04 Å². The van der Waals surface area contributed by atoms with Crippen molar-refractivity contribution in [3.8, 4) is 5.75 Å². The van der Waals surface area contributed by atoms with Crippen LogP contribution in [0.1, 0.15) is 38.3 Å². The molecule has 4 rings (SSSR count). The average molecular weight is 463 g/mol. The molecule has 0 bridgehead atoms. The maximum absolute atomic E-state index is 6.31. The Morgan fingerprint density at radius 3 is 2.48 bits per heavy atom. The SMILES string of the molecule is CCN(CC)CCCC(Nc1c2ccc(Cl)cc2nc2ccc(OC)cc12)c1ccncc1. The van der Waals surface area contributed by atoms with Crippen molar-refractivity contribution in [3.63, 3.8) is 0 Å². The molecule has 4 aromatic rings. The first-order chi connectivity index (χ1) is 16.1. The first-order valence-corrected chi connectivity index (χ1v) is 12.0. The highest BCUT2D eigenvalue weighted by molar-refractivity contribution is 6.31. The second-order valence-electron chi connectivity index (χ2n) is 8.18. The van der Waals surface area contributed by atoms with Crippen LogP contribution in [0.2, 0.25) is 5.02 Å². The number of hydrogen-bond donors (Lipinski definition) is 1. The Balaban J connectivity index is 1.77. The van der Waals surface area contributed by atoms with Crippen molar-refractivity contribution >= 4 is 39.1 Å². The molecule has 0 aliphatic heterocycles. The minimum absolute atomic E-state index is 0.138. The van der Waals surface area contributed by atoms with Gasteiger partial charge in [-0.1, -0.05) is 25.4 Å². The van der Waals surface area contributed by atoms with Gasteiger partial charge in [0.25, 0.3) is 0 Å². The number of fused-ring (bicyclic) bond motifs is 2. The lowest BCUT2D eigenvalue weighted by Crippen LogP contribution is -2.25. The van der Waals surface area contributed by atoms with Gasteiger partial charge in [-0.3, -0.25) is 4.98 Å². The van der Waals surface area contributed by atoms with Gasteiger partial charge in [0.2, 0.25) is 0 Å². The van der Waals surface area contributed by atoms with Gasteiger partial charge in [0.1, 0.15) is 5.75 Å². The van der Waals surface area contributed by atoms with Crippen LogP contribution in [-0.4, -0.2) is 41.6 Å². The van der Waals surface area contributed by atoms with Crippen molar-refractivity contribution < 1.29 is 4.74 Å². The summed E-state index contributed by atoms with van der Waals surface area (Å²) in [5.41, 5.74) is 4.05. The molecule has 2 heterocycles. The summed E-state index contributed by atoms with van der Waals surface area (Å²) in [5.74, 6) is 0.808. The molecule has 0 radical (unpaired) electrons. The molecule has 0 spiro atoms. The van der Waals surface area contributed by atoms with Crippen LogP contribution in [0.15, 0.2) is 60.9 Å². The molecule has 0 amide bonds. The molecule has 33 heavy (non-hydrogen) atoms. The topological polar surface area (TPSA) is 50.3 Å². The summed E-state index contributed by atoms with van der Waals surface area (Å²) in [6.07, 6.45) is 5.82. The number of methoxy groups -OCH3 is 1. The third-order valence-corrected chi connectivity index (χ3v) is 6.47. The third kappa shape index (κ3) is 5.37. The van der Waals surface area contributed by atoms with Crippen molar-refractivity contribution in [2.45, 2.75) is 32.7 Å². The minimum Gasteiger partial charge on any atom is -0.497 e. The van der Waals surface area contributed by atoms with Gasteiger partial charge in [-0.05, 0) is 86.6 Å². The van der Waals surface area contributed by atoms with Gasteiger partial charge in [0.15, 0.2) is 0 Å². The molecule has 2 aromatic heterocycles. The summed E-state index contributed by atoms with van der Waals surface area (Å²) in [7, 11) is 1.69. The average Bonchev–Trinajstić information content (AvgIpc) is 2.85. The number of hydrogen-bond acceptors (Lipinski definition) is 5. The summed E-state index contributed by atoms with van der Waals surface area (Å²) in [6.45, 7) is 7.66. The Hall–Kier alpha value is -2.89. The molecule has 1 unspecified atom stereocenters. The lowest BCUT2D eigenvalue weighted by molar-refractivity contribution is 0.294. The second kappa shape index (κ2) is 10.8. The van der Waals surface area contributed by atoms with Crippen LogP contribution in [0.5, 0.6) is 5.75 Å². The van der Waals surface area contributed by atoms with E-state index in [1.165, 1.54) is 5.56 Å². The monoisotopic (exact) mass is 462 g/mol. The van der Waals surface area contributed by atoms with Crippen LogP contribution >= 0.6 is 11.6 Å². The van der Waals surface area contributed by atoms with Gasteiger partial charge in [-0.15, -0.1) is 0 Å². The summed E-state index contributed by atoms with van der Waals surface area (Å²) in [4.78, 5) is 11.6. The van der Waals surface area contributed by atoms with E-state index in [9.17, 15) is 0 Å². The van der Waals surface area contributed by atoms with E-state index in [4.69, 9.17) is 21.3 Å². The number of aromatic nitrogens is 2. The van der Waals surface area contributed by atoms with Gasteiger partial charge in [0.05, 0.1) is 29.9 Å². The zero-order valence-corrected chi connectivity index (χ0v) is 20.3. The normalized spacial score (nSPS) is 12.4. The van der Waals surface area contributed by atoms with Crippen LogP contribution in [0.4, 0.5) is 5.69 Å². The molecule has 2 aromatic carbocycles. The standard InChI is InChI=1S/C27H31ClN4O/c1-4-32(5-2)16-6-7-24(19-12-14-29-15-13-19)31-27-22-10-8-20(28)17-26(22)30-25-11-9-21(33-3)18-23(25)27/h8-15,17-18,24H,4-7,16H2,1-3H3,(H,30,31). The fraction of sp³-hybridized carbons (Fsp3) is 0.333. The zero-order chi connectivity index (χ0) is 23.2. The van der Waals surface area contributed by atoms with Crippen LogP contribution in [0.3, 0.4) is 0 Å².